The molecule has 3 N–H and O–H groups in total. The highest BCUT2D eigenvalue weighted by molar-refractivity contribution is 7.81. The number of aliphatic carboxylic acids is 1. The summed E-state index contributed by atoms with van der Waals surface area (Å²) in [5.74, 6) is -2.20. The lowest BCUT2D eigenvalue weighted by atomic mass is 9.93. The van der Waals surface area contributed by atoms with E-state index in [2.05, 4.69) is 23.3 Å². The maximum Gasteiger partial charge on any atom is 0.416 e. The van der Waals surface area contributed by atoms with E-state index < -0.39 is 40.4 Å². The van der Waals surface area contributed by atoms with E-state index in [0.29, 0.717) is 29.5 Å². The highest BCUT2D eigenvalue weighted by atomic mass is 32.1. The molecule has 0 spiro atoms. The zero-order valence-electron chi connectivity index (χ0n) is 20.6. The second kappa shape index (κ2) is 11.6. The highest BCUT2D eigenvalue weighted by Gasteiger charge is 2.44. The summed E-state index contributed by atoms with van der Waals surface area (Å²) in [4.78, 5) is 38.0. The second-order valence-electron chi connectivity index (χ2n) is 9.81. The molecule has 2 amide bonds. The Kier molecular flexibility index (Phi) is 8.94. The summed E-state index contributed by atoms with van der Waals surface area (Å²) in [5, 5.41) is 14.7. The van der Waals surface area contributed by atoms with Crippen LogP contribution in [0.3, 0.4) is 0 Å². The number of amides is 2. The number of hydrogen-bond acceptors (Lipinski definition) is 4. The van der Waals surface area contributed by atoms with Crippen LogP contribution in [0.25, 0.3) is 11.1 Å². The number of carboxylic acid groups (broad SMARTS) is 1. The summed E-state index contributed by atoms with van der Waals surface area (Å²) in [6, 6.07) is 10.2. The Balaban J connectivity index is 1.76. The van der Waals surface area contributed by atoms with E-state index in [9.17, 15) is 32.7 Å². The Morgan fingerprint density at radius 3 is 2.19 bits per heavy atom. The van der Waals surface area contributed by atoms with Crippen LogP contribution >= 0.6 is 12.6 Å². The first kappa shape index (κ1) is 28.6. The summed E-state index contributed by atoms with van der Waals surface area (Å²) in [5.41, 5.74) is -0.195. The third kappa shape index (κ3) is 7.06. The molecule has 0 bridgehead atoms. The molecule has 0 radical (unpaired) electrons. The highest BCUT2D eigenvalue weighted by Crippen LogP contribution is 2.32. The van der Waals surface area contributed by atoms with Gasteiger partial charge in [-0.1, -0.05) is 63.1 Å². The van der Waals surface area contributed by atoms with Gasteiger partial charge in [0.15, 0.2) is 0 Å². The van der Waals surface area contributed by atoms with Gasteiger partial charge in [-0.3, -0.25) is 9.59 Å². The summed E-state index contributed by atoms with van der Waals surface area (Å²) in [7, 11) is 0. The van der Waals surface area contributed by atoms with Gasteiger partial charge >= 0.3 is 12.1 Å². The van der Waals surface area contributed by atoms with Crippen LogP contribution in [0.1, 0.15) is 50.7 Å². The first-order chi connectivity index (χ1) is 17.3. The third-order valence-corrected chi connectivity index (χ3v) is 7.50. The third-order valence-electron chi connectivity index (χ3n) is 6.67. The van der Waals surface area contributed by atoms with Crippen LogP contribution in [0, 0.1) is 5.92 Å². The van der Waals surface area contributed by atoms with Crippen LogP contribution in [0.4, 0.5) is 13.2 Å². The number of benzene rings is 2. The van der Waals surface area contributed by atoms with Crippen LogP contribution in [-0.4, -0.2) is 39.7 Å². The van der Waals surface area contributed by atoms with Gasteiger partial charge in [-0.05, 0) is 47.6 Å². The minimum Gasteiger partial charge on any atom is -0.480 e. The van der Waals surface area contributed by atoms with Crippen LogP contribution < -0.4 is 10.6 Å². The molecule has 1 fully saturated rings. The zero-order valence-corrected chi connectivity index (χ0v) is 21.5. The van der Waals surface area contributed by atoms with E-state index in [1.165, 1.54) is 12.1 Å². The topological polar surface area (TPSA) is 95.5 Å². The van der Waals surface area contributed by atoms with Gasteiger partial charge in [-0.2, -0.15) is 25.8 Å². The van der Waals surface area contributed by atoms with Gasteiger partial charge in [0.05, 0.1) is 10.8 Å². The molecule has 200 valence electrons. The zero-order chi connectivity index (χ0) is 27.4. The first-order valence-electron chi connectivity index (χ1n) is 12.1. The summed E-state index contributed by atoms with van der Waals surface area (Å²) in [6.45, 7) is 3.69. The van der Waals surface area contributed by atoms with Crippen LogP contribution in [0.5, 0.6) is 0 Å². The molecule has 0 heterocycles. The maximum atomic E-state index is 13.3. The van der Waals surface area contributed by atoms with E-state index in [4.69, 9.17) is 0 Å². The van der Waals surface area contributed by atoms with Crippen molar-refractivity contribution >= 4 is 30.4 Å². The predicted octanol–water partition coefficient (Wildman–Crippen LogP) is 4.87. The van der Waals surface area contributed by atoms with Crippen molar-refractivity contribution in [3.05, 3.63) is 59.7 Å². The number of alkyl halides is 3. The molecule has 37 heavy (non-hydrogen) atoms. The van der Waals surface area contributed by atoms with Crippen molar-refractivity contribution < 1.29 is 32.7 Å². The number of carboxylic acids is 1. The number of nitrogens with one attached hydrogen (secondary N) is 2. The van der Waals surface area contributed by atoms with Crippen molar-refractivity contribution in [2.45, 2.75) is 69.0 Å². The average Bonchev–Trinajstić information content (AvgIpc) is 3.32. The molecule has 1 aliphatic rings. The SMILES string of the molecule is CC(C)[C@H](S)C(=O)NC1(C(=O)N[C@@H](Cc2cccc(-c3ccc(C(F)(F)F)cc3)c2)C(=O)O)CCCC1. The quantitative estimate of drug-likeness (QED) is 0.344. The van der Waals surface area contributed by atoms with Crippen LogP contribution in [0.2, 0.25) is 0 Å². The van der Waals surface area contributed by atoms with Gasteiger partial charge in [-0.15, -0.1) is 0 Å². The molecule has 0 saturated heterocycles. The number of hydrogen-bond donors (Lipinski definition) is 4. The molecule has 6 nitrogen and oxygen atoms in total. The normalized spacial score (nSPS) is 16.7. The van der Waals surface area contributed by atoms with Gasteiger partial charge in [-0.25, -0.2) is 4.79 Å². The molecule has 2 aromatic carbocycles. The monoisotopic (exact) mass is 536 g/mol. The Morgan fingerprint density at radius 1 is 1.03 bits per heavy atom. The lowest BCUT2D eigenvalue weighted by Crippen LogP contribution is -2.61. The summed E-state index contributed by atoms with van der Waals surface area (Å²) in [6.07, 6.45) is -2.23. The molecule has 10 heteroatoms. The second-order valence-corrected chi connectivity index (χ2v) is 10.4. The van der Waals surface area contributed by atoms with Crippen LogP contribution in [0.15, 0.2) is 48.5 Å². The van der Waals surface area contributed by atoms with Gasteiger partial charge < -0.3 is 15.7 Å². The van der Waals surface area contributed by atoms with E-state index >= 15 is 0 Å². The fraction of sp³-hybridized carbons (Fsp3) is 0.444. The van der Waals surface area contributed by atoms with Crippen molar-refractivity contribution in [1.82, 2.24) is 10.6 Å². The molecule has 3 rings (SSSR count). The van der Waals surface area contributed by atoms with Crippen molar-refractivity contribution in [3.63, 3.8) is 0 Å². The number of carbonyl (C=O) groups is 3. The first-order valence-corrected chi connectivity index (χ1v) is 12.6. The lowest BCUT2D eigenvalue weighted by molar-refractivity contribution is -0.143. The van der Waals surface area contributed by atoms with Crippen molar-refractivity contribution in [2.75, 3.05) is 0 Å². The molecule has 2 atom stereocenters. The molecule has 1 saturated carbocycles. The Hall–Kier alpha value is -3.01. The molecule has 0 unspecified atom stereocenters. The van der Waals surface area contributed by atoms with Crippen molar-refractivity contribution in [1.29, 1.82) is 0 Å². The van der Waals surface area contributed by atoms with Gasteiger partial charge in [0.1, 0.15) is 11.6 Å². The van der Waals surface area contributed by atoms with Gasteiger partial charge in [0, 0.05) is 6.42 Å². The van der Waals surface area contributed by atoms with E-state index in [-0.39, 0.29) is 18.2 Å². The van der Waals surface area contributed by atoms with Crippen molar-refractivity contribution in [2.24, 2.45) is 5.92 Å². The van der Waals surface area contributed by atoms with E-state index in [0.717, 1.165) is 25.0 Å². The number of halogens is 3. The average molecular weight is 537 g/mol. The van der Waals surface area contributed by atoms with Gasteiger partial charge in [0.25, 0.3) is 0 Å². The number of rotatable bonds is 9. The maximum absolute atomic E-state index is 13.3. The van der Waals surface area contributed by atoms with Crippen LogP contribution in [-0.2, 0) is 27.0 Å². The summed E-state index contributed by atoms with van der Waals surface area (Å²) >= 11 is 4.33. The molecule has 1 aliphatic carbocycles. The molecular formula is C27H31F3N2O4S. The predicted molar refractivity (Wildman–Crippen MR) is 137 cm³/mol. The van der Waals surface area contributed by atoms with Crippen molar-refractivity contribution in [3.8, 4) is 11.1 Å². The Bertz CT molecular complexity index is 1130. The number of thiol groups is 1. The summed E-state index contributed by atoms with van der Waals surface area (Å²) < 4.78 is 38.6. The van der Waals surface area contributed by atoms with E-state index in [1.807, 2.05) is 13.8 Å². The Labute approximate surface area is 219 Å². The molecule has 0 aromatic heterocycles. The lowest BCUT2D eigenvalue weighted by Gasteiger charge is -2.32. The van der Waals surface area contributed by atoms with E-state index in [1.54, 1.807) is 24.3 Å². The molecular weight excluding hydrogens is 505 g/mol. The smallest absolute Gasteiger partial charge is 0.416 e. The van der Waals surface area contributed by atoms with Gasteiger partial charge in [0.2, 0.25) is 11.8 Å². The molecule has 0 aliphatic heterocycles. The molecule has 2 aromatic rings. The minimum atomic E-state index is -4.44. The largest absolute Gasteiger partial charge is 0.480 e. The Morgan fingerprint density at radius 2 is 1.65 bits per heavy atom. The number of carbonyl (C=O) groups excluding carboxylic acids is 2. The standard InChI is InChI=1S/C27H31F3N2O4S/c1-16(2)22(37)23(33)32-26(12-3-4-13-26)25(36)31-21(24(34)35)15-17-6-5-7-19(14-17)18-8-10-20(11-9-18)27(28,29)30/h5-11,14,16,21-22,37H,3-4,12-13,15H2,1-2H3,(H,31,36)(H,32,33)(H,34,35)/t21-,22-/m0/s1. The minimum absolute atomic E-state index is 0.0409. The fourth-order valence-corrected chi connectivity index (χ4v) is 4.53. The fourth-order valence-electron chi connectivity index (χ4n) is 4.46.